The molecule has 0 fully saturated rings. The summed E-state index contributed by atoms with van der Waals surface area (Å²) in [5.74, 6) is 0.665. The van der Waals surface area contributed by atoms with Crippen LogP contribution in [-0.4, -0.2) is 12.1 Å². The van der Waals surface area contributed by atoms with Crippen molar-refractivity contribution in [3.05, 3.63) is 68.7 Å². The van der Waals surface area contributed by atoms with E-state index >= 15 is 0 Å². The topological polar surface area (TPSA) is 67.7 Å². The number of hydrazone groups is 1. The van der Waals surface area contributed by atoms with Crippen molar-refractivity contribution in [2.45, 2.75) is 0 Å². The summed E-state index contributed by atoms with van der Waals surface area (Å²) in [5, 5.41) is 4.90. The number of hydrogen-bond donors (Lipinski definition) is 1. The zero-order valence-electron chi connectivity index (χ0n) is 11.9. The van der Waals surface area contributed by atoms with E-state index < -0.39 is 5.91 Å². The lowest BCUT2D eigenvalue weighted by atomic mass is 10.2. The molecule has 0 radical (unpaired) electrons. The van der Waals surface area contributed by atoms with Gasteiger partial charge < -0.3 is 8.83 Å². The molecule has 0 saturated heterocycles. The molecule has 1 amide bonds. The second kappa shape index (κ2) is 7.25. The molecule has 0 bridgehead atoms. The van der Waals surface area contributed by atoms with Gasteiger partial charge in [-0.05, 0) is 58.4 Å². The molecular formula is C16H9BrCl2N2O3. The van der Waals surface area contributed by atoms with Crippen molar-refractivity contribution < 1.29 is 13.6 Å². The molecule has 1 aromatic carbocycles. The summed E-state index contributed by atoms with van der Waals surface area (Å²) in [4.78, 5) is 11.8. The molecule has 0 saturated carbocycles. The molecule has 0 aliphatic heterocycles. The van der Waals surface area contributed by atoms with E-state index in [-0.39, 0.29) is 5.76 Å². The number of nitrogens with one attached hydrogen (secondary N) is 1. The third-order valence-electron chi connectivity index (χ3n) is 2.98. The number of halogens is 3. The maximum atomic E-state index is 11.8. The largest absolute Gasteiger partial charge is 0.455 e. The van der Waals surface area contributed by atoms with Crippen LogP contribution in [0.15, 0.2) is 61.1 Å². The highest BCUT2D eigenvalue weighted by Crippen LogP contribution is 2.31. The van der Waals surface area contributed by atoms with Crippen LogP contribution in [-0.2, 0) is 0 Å². The first-order valence-electron chi connectivity index (χ1n) is 6.67. The molecule has 2 aromatic heterocycles. The summed E-state index contributed by atoms with van der Waals surface area (Å²) in [6.07, 6.45) is 1.37. The highest BCUT2D eigenvalue weighted by atomic mass is 79.9. The average Bonchev–Trinajstić information content (AvgIpc) is 3.19. The van der Waals surface area contributed by atoms with Gasteiger partial charge in [-0.1, -0.05) is 23.2 Å². The zero-order chi connectivity index (χ0) is 17.1. The van der Waals surface area contributed by atoms with Gasteiger partial charge in [0.05, 0.1) is 11.2 Å². The van der Waals surface area contributed by atoms with Crippen LogP contribution in [0.2, 0.25) is 10.0 Å². The standard InChI is InChI=1S/C16H9BrCl2N2O3/c17-15-6-5-14(24-15)16(22)21-20-8-10-2-4-13(23-10)11-7-9(18)1-3-12(11)19/h1-8H,(H,21,22)/b20-8+. The molecular weight excluding hydrogens is 419 g/mol. The maximum Gasteiger partial charge on any atom is 0.307 e. The third kappa shape index (κ3) is 3.90. The molecule has 0 atom stereocenters. The molecule has 0 aliphatic carbocycles. The Bertz CT molecular complexity index is 918. The van der Waals surface area contributed by atoms with E-state index in [4.69, 9.17) is 32.0 Å². The quantitative estimate of drug-likeness (QED) is 0.449. The van der Waals surface area contributed by atoms with Crippen LogP contribution in [0.25, 0.3) is 11.3 Å². The smallest absolute Gasteiger partial charge is 0.307 e. The minimum atomic E-state index is -0.471. The van der Waals surface area contributed by atoms with Gasteiger partial charge in [0.1, 0.15) is 11.5 Å². The van der Waals surface area contributed by atoms with Gasteiger partial charge in [-0.25, -0.2) is 5.43 Å². The first-order valence-corrected chi connectivity index (χ1v) is 8.22. The second-order valence-corrected chi connectivity index (χ2v) is 6.25. The number of furan rings is 2. The lowest BCUT2D eigenvalue weighted by Gasteiger charge is -2.00. The Labute approximate surface area is 155 Å². The van der Waals surface area contributed by atoms with Gasteiger partial charge in [-0.2, -0.15) is 5.10 Å². The number of hydrogen-bond acceptors (Lipinski definition) is 4. The first kappa shape index (κ1) is 16.8. The SMILES string of the molecule is O=C(N/N=C/c1ccc(-c2cc(Cl)ccc2Cl)o1)c1ccc(Br)o1. The number of nitrogens with zero attached hydrogens (tertiary/aromatic N) is 1. The summed E-state index contributed by atoms with van der Waals surface area (Å²) >= 11 is 15.2. The van der Waals surface area contributed by atoms with Crippen LogP contribution in [0.5, 0.6) is 0 Å². The van der Waals surface area contributed by atoms with Gasteiger partial charge in [0.15, 0.2) is 10.4 Å². The Kier molecular flexibility index (Phi) is 5.08. The van der Waals surface area contributed by atoms with Crippen molar-refractivity contribution in [3.63, 3.8) is 0 Å². The van der Waals surface area contributed by atoms with Crippen molar-refractivity contribution in [1.29, 1.82) is 0 Å². The molecule has 5 nitrogen and oxygen atoms in total. The van der Waals surface area contributed by atoms with Gasteiger partial charge in [-0.3, -0.25) is 4.79 Å². The van der Waals surface area contributed by atoms with Gasteiger partial charge in [0.2, 0.25) is 0 Å². The number of carbonyl (C=O) groups excluding carboxylic acids is 1. The van der Waals surface area contributed by atoms with Gasteiger partial charge >= 0.3 is 5.91 Å². The highest BCUT2D eigenvalue weighted by Gasteiger charge is 2.10. The number of carbonyl (C=O) groups is 1. The molecule has 122 valence electrons. The second-order valence-electron chi connectivity index (χ2n) is 4.63. The van der Waals surface area contributed by atoms with Gasteiger partial charge in [-0.15, -0.1) is 0 Å². The molecule has 1 N–H and O–H groups in total. The molecule has 0 aliphatic rings. The zero-order valence-corrected chi connectivity index (χ0v) is 15.0. The van der Waals surface area contributed by atoms with Crippen molar-refractivity contribution >= 4 is 51.3 Å². The number of amides is 1. The van der Waals surface area contributed by atoms with Crippen LogP contribution in [0, 0.1) is 0 Å². The number of benzene rings is 1. The Morgan fingerprint density at radius 2 is 1.96 bits per heavy atom. The Hall–Kier alpha value is -2.02. The van der Waals surface area contributed by atoms with Crippen LogP contribution in [0.4, 0.5) is 0 Å². The minimum Gasteiger partial charge on any atom is -0.455 e. The van der Waals surface area contributed by atoms with Gasteiger partial charge in [0, 0.05) is 10.6 Å². The molecule has 3 aromatic rings. The van der Waals surface area contributed by atoms with Crippen molar-refractivity contribution in [2.24, 2.45) is 5.10 Å². The lowest BCUT2D eigenvalue weighted by molar-refractivity contribution is 0.0926. The summed E-state index contributed by atoms with van der Waals surface area (Å²) in [6.45, 7) is 0. The fourth-order valence-corrected chi connectivity index (χ4v) is 2.59. The van der Waals surface area contributed by atoms with Crippen LogP contribution in [0.1, 0.15) is 16.3 Å². The van der Waals surface area contributed by atoms with E-state index in [0.29, 0.717) is 31.8 Å². The van der Waals surface area contributed by atoms with Crippen molar-refractivity contribution in [3.8, 4) is 11.3 Å². The van der Waals surface area contributed by atoms with E-state index in [1.165, 1.54) is 12.3 Å². The molecule has 8 heteroatoms. The van der Waals surface area contributed by atoms with E-state index in [9.17, 15) is 4.79 Å². The van der Waals surface area contributed by atoms with E-state index in [0.717, 1.165) is 0 Å². The lowest BCUT2D eigenvalue weighted by Crippen LogP contribution is -2.16. The minimum absolute atomic E-state index is 0.143. The normalized spacial score (nSPS) is 11.1. The van der Waals surface area contributed by atoms with Crippen LogP contribution in [0.3, 0.4) is 0 Å². The van der Waals surface area contributed by atoms with Crippen molar-refractivity contribution in [2.75, 3.05) is 0 Å². The monoisotopic (exact) mass is 426 g/mol. The predicted octanol–water partition coefficient (Wildman–Crippen LogP) is 5.37. The average molecular weight is 428 g/mol. The maximum absolute atomic E-state index is 11.8. The summed E-state index contributed by atoms with van der Waals surface area (Å²) < 4.78 is 11.2. The third-order valence-corrected chi connectivity index (χ3v) is 3.97. The Morgan fingerprint density at radius 3 is 2.71 bits per heavy atom. The summed E-state index contributed by atoms with van der Waals surface area (Å²) in [6, 6.07) is 11.7. The number of rotatable bonds is 4. The molecule has 2 heterocycles. The molecule has 24 heavy (non-hydrogen) atoms. The fraction of sp³-hybridized carbons (Fsp3) is 0. The molecule has 0 unspecified atom stereocenters. The molecule has 3 rings (SSSR count). The predicted molar refractivity (Wildman–Crippen MR) is 95.6 cm³/mol. The summed E-state index contributed by atoms with van der Waals surface area (Å²) in [5.41, 5.74) is 3.01. The van der Waals surface area contributed by atoms with E-state index in [2.05, 4.69) is 26.5 Å². The van der Waals surface area contributed by atoms with E-state index in [1.807, 2.05) is 0 Å². The fourth-order valence-electron chi connectivity index (χ4n) is 1.90. The van der Waals surface area contributed by atoms with Crippen LogP contribution >= 0.6 is 39.1 Å². The Morgan fingerprint density at radius 1 is 1.12 bits per heavy atom. The highest BCUT2D eigenvalue weighted by molar-refractivity contribution is 9.10. The summed E-state index contributed by atoms with van der Waals surface area (Å²) in [7, 11) is 0. The molecule has 0 spiro atoms. The van der Waals surface area contributed by atoms with Gasteiger partial charge in [0.25, 0.3) is 0 Å². The van der Waals surface area contributed by atoms with Crippen molar-refractivity contribution in [1.82, 2.24) is 5.43 Å². The first-order chi connectivity index (χ1) is 11.5. The van der Waals surface area contributed by atoms with Crippen LogP contribution < -0.4 is 5.43 Å². The Balaban J connectivity index is 1.70. The van der Waals surface area contributed by atoms with E-state index in [1.54, 1.807) is 36.4 Å².